The number of nitrogens with zero attached hydrogens (tertiary/aromatic N) is 3. The third-order valence-electron chi connectivity index (χ3n) is 5.99. The Labute approximate surface area is 181 Å². The summed E-state index contributed by atoms with van der Waals surface area (Å²) in [4.78, 5) is 19.2. The van der Waals surface area contributed by atoms with Crippen molar-refractivity contribution in [2.45, 2.75) is 19.3 Å². The Morgan fingerprint density at radius 3 is 2.52 bits per heavy atom. The Hall–Kier alpha value is -3.38. The molecular formula is C25H27N3O3. The van der Waals surface area contributed by atoms with Gasteiger partial charge in [-0.15, -0.1) is 0 Å². The molecule has 0 aliphatic carbocycles. The first-order chi connectivity index (χ1) is 14.8. The lowest BCUT2D eigenvalue weighted by atomic mass is 9.83. The predicted octanol–water partition coefficient (Wildman–Crippen LogP) is 3.96. The van der Waals surface area contributed by atoms with Crippen molar-refractivity contribution >= 4 is 27.7 Å². The first-order valence-corrected chi connectivity index (χ1v) is 10.3. The minimum atomic E-state index is -0.361. The first kappa shape index (κ1) is 20.9. The van der Waals surface area contributed by atoms with E-state index in [0.29, 0.717) is 28.6 Å². The number of aryl methyl sites for hydroxylation is 2. The largest absolute Gasteiger partial charge is 0.505 e. The Kier molecular flexibility index (Phi) is 5.41. The summed E-state index contributed by atoms with van der Waals surface area (Å²) in [7, 11) is 5.25. The summed E-state index contributed by atoms with van der Waals surface area (Å²) in [6.45, 7) is 1.78. The van der Waals surface area contributed by atoms with Gasteiger partial charge in [-0.3, -0.25) is 4.79 Å². The fourth-order valence-electron chi connectivity index (χ4n) is 4.24. The van der Waals surface area contributed by atoms with Crippen molar-refractivity contribution in [3.63, 3.8) is 0 Å². The summed E-state index contributed by atoms with van der Waals surface area (Å²) in [6.07, 6.45) is 0.372. The van der Waals surface area contributed by atoms with Gasteiger partial charge in [-0.2, -0.15) is 0 Å². The molecular weight excluding hydrogens is 390 g/mol. The maximum absolute atomic E-state index is 13.2. The second-order valence-corrected chi connectivity index (χ2v) is 8.14. The summed E-state index contributed by atoms with van der Waals surface area (Å²) in [5.41, 5.74) is 3.03. The van der Waals surface area contributed by atoms with Crippen molar-refractivity contribution in [3.8, 4) is 5.75 Å². The molecule has 1 atom stereocenters. The number of fused-ring (bicyclic) bond motifs is 2. The third-order valence-corrected chi connectivity index (χ3v) is 5.99. The van der Waals surface area contributed by atoms with Crippen LogP contribution in [0.5, 0.6) is 5.75 Å². The Bertz CT molecular complexity index is 1290. The van der Waals surface area contributed by atoms with E-state index in [2.05, 4.69) is 11.1 Å². The van der Waals surface area contributed by atoms with Gasteiger partial charge >= 0.3 is 0 Å². The van der Waals surface area contributed by atoms with Crippen molar-refractivity contribution in [3.05, 3.63) is 71.0 Å². The molecule has 160 valence electrons. The normalized spacial score (nSPS) is 12.4. The molecule has 0 aliphatic heterocycles. The fourth-order valence-corrected chi connectivity index (χ4v) is 4.24. The quantitative estimate of drug-likeness (QED) is 0.515. The molecule has 6 heteroatoms. The van der Waals surface area contributed by atoms with E-state index in [1.165, 1.54) is 4.90 Å². The van der Waals surface area contributed by atoms with Gasteiger partial charge in [0.05, 0.1) is 5.52 Å². The number of aromatic hydroxyl groups is 1. The number of aromatic nitrogens is 2. The van der Waals surface area contributed by atoms with Crippen LogP contribution in [0.15, 0.2) is 48.5 Å². The summed E-state index contributed by atoms with van der Waals surface area (Å²) in [5, 5.41) is 23.4. The summed E-state index contributed by atoms with van der Waals surface area (Å²) in [6, 6.07) is 15.9. The number of amides is 1. The molecule has 0 radical (unpaired) electrons. The molecule has 1 amide bonds. The van der Waals surface area contributed by atoms with E-state index in [-0.39, 0.29) is 24.2 Å². The lowest BCUT2D eigenvalue weighted by Crippen LogP contribution is -2.24. The minimum absolute atomic E-state index is 0.00184. The van der Waals surface area contributed by atoms with Gasteiger partial charge in [0, 0.05) is 44.8 Å². The van der Waals surface area contributed by atoms with Gasteiger partial charge < -0.3 is 19.7 Å². The number of aliphatic hydroxyl groups excluding tert-OH is 1. The lowest BCUT2D eigenvalue weighted by Gasteiger charge is -2.23. The van der Waals surface area contributed by atoms with Gasteiger partial charge in [0.2, 0.25) is 0 Å². The van der Waals surface area contributed by atoms with Crippen LogP contribution in [-0.4, -0.2) is 51.3 Å². The smallest absolute Gasteiger partial charge is 0.253 e. The molecule has 0 fully saturated rings. The van der Waals surface area contributed by atoms with Crippen molar-refractivity contribution in [2.75, 3.05) is 20.7 Å². The van der Waals surface area contributed by atoms with E-state index in [1.54, 1.807) is 20.2 Å². The highest BCUT2D eigenvalue weighted by Crippen LogP contribution is 2.41. The Balaban J connectivity index is 2.02. The molecule has 31 heavy (non-hydrogen) atoms. The molecule has 6 nitrogen and oxygen atoms in total. The molecule has 3 aromatic carbocycles. The average molecular weight is 418 g/mol. The topological polar surface area (TPSA) is 78.6 Å². The van der Waals surface area contributed by atoms with E-state index in [0.717, 1.165) is 22.2 Å². The van der Waals surface area contributed by atoms with Crippen LogP contribution in [0.25, 0.3) is 21.8 Å². The maximum Gasteiger partial charge on any atom is 0.253 e. The average Bonchev–Trinajstić information content (AvgIpc) is 3.05. The van der Waals surface area contributed by atoms with Gasteiger partial charge in [-0.25, -0.2) is 4.98 Å². The van der Waals surface area contributed by atoms with Gasteiger partial charge in [0.25, 0.3) is 5.91 Å². The molecule has 1 aromatic heterocycles. The molecule has 4 aromatic rings. The number of phenolic OH excluding ortho intramolecular Hbond substituents is 1. The SMILES string of the molecule is Cc1nc2c(O)c([C@H](CCO)c3ccc4ccccc4c3)c(C(=O)N(C)C)cc2n1C. The van der Waals surface area contributed by atoms with Gasteiger partial charge in [0.1, 0.15) is 17.1 Å². The number of aliphatic hydroxyl groups is 1. The monoisotopic (exact) mass is 417 g/mol. The molecule has 1 heterocycles. The van der Waals surface area contributed by atoms with E-state index >= 15 is 0 Å². The molecule has 0 saturated carbocycles. The number of carbonyl (C=O) groups is 1. The lowest BCUT2D eigenvalue weighted by molar-refractivity contribution is 0.0825. The number of benzene rings is 3. The van der Waals surface area contributed by atoms with Crippen LogP contribution in [0.2, 0.25) is 0 Å². The Morgan fingerprint density at radius 1 is 1.13 bits per heavy atom. The van der Waals surface area contributed by atoms with Gasteiger partial charge in [-0.1, -0.05) is 42.5 Å². The van der Waals surface area contributed by atoms with Crippen molar-refractivity contribution in [1.29, 1.82) is 0 Å². The zero-order valence-corrected chi connectivity index (χ0v) is 18.3. The van der Waals surface area contributed by atoms with Crippen molar-refractivity contribution < 1.29 is 15.0 Å². The zero-order valence-electron chi connectivity index (χ0n) is 18.3. The molecule has 0 spiro atoms. The molecule has 4 rings (SSSR count). The molecule has 0 bridgehead atoms. The summed E-state index contributed by atoms with van der Waals surface area (Å²) in [5.74, 6) is 0.183. The second kappa shape index (κ2) is 8.04. The molecule has 2 N–H and O–H groups in total. The van der Waals surface area contributed by atoms with E-state index in [1.807, 2.05) is 54.9 Å². The van der Waals surface area contributed by atoms with Crippen molar-refractivity contribution in [2.24, 2.45) is 7.05 Å². The molecule has 0 aliphatic rings. The molecule has 0 saturated heterocycles. The molecule has 0 unspecified atom stereocenters. The maximum atomic E-state index is 13.2. The van der Waals surface area contributed by atoms with E-state index < -0.39 is 0 Å². The standard InChI is InChI=1S/C25H27N3O3/c1-15-26-23-21(28(15)4)14-20(25(31)27(2)3)22(24(23)30)19(11-12-29)18-10-9-16-7-5-6-8-17(16)13-18/h5-10,13-14,19,29-30H,11-12H2,1-4H3/t19-/m1/s1. The Morgan fingerprint density at radius 2 is 1.84 bits per heavy atom. The number of carbonyl (C=O) groups excluding carboxylic acids is 1. The van der Waals surface area contributed by atoms with Crippen LogP contribution in [0.4, 0.5) is 0 Å². The van der Waals surface area contributed by atoms with Gasteiger partial charge in [0.15, 0.2) is 0 Å². The second-order valence-electron chi connectivity index (χ2n) is 8.14. The van der Waals surface area contributed by atoms with Crippen LogP contribution < -0.4 is 0 Å². The van der Waals surface area contributed by atoms with Crippen LogP contribution in [0.3, 0.4) is 0 Å². The minimum Gasteiger partial charge on any atom is -0.505 e. The van der Waals surface area contributed by atoms with Gasteiger partial charge in [-0.05, 0) is 35.7 Å². The van der Waals surface area contributed by atoms with Crippen molar-refractivity contribution in [1.82, 2.24) is 14.5 Å². The highest BCUT2D eigenvalue weighted by Gasteiger charge is 2.28. The van der Waals surface area contributed by atoms with E-state index in [4.69, 9.17) is 0 Å². The number of hydrogen-bond acceptors (Lipinski definition) is 4. The summed E-state index contributed by atoms with van der Waals surface area (Å²) >= 11 is 0. The third kappa shape index (κ3) is 3.53. The number of hydrogen-bond donors (Lipinski definition) is 2. The highest BCUT2D eigenvalue weighted by molar-refractivity contribution is 6.01. The van der Waals surface area contributed by atoms with Crippen LogP contribution in [0, 0.1) is 6.92 Å². The fraction of sp³-hybridized carbons (Fsp3) is 0.280. The van der Waals surface area contributed by atoms with E-state index in [9.17, 15) is 15.0 Å². The summed E-state index contributed by atoms with van der Waals surface area (Å²) < 4.78 is 1.86. The highest BCUT2D eigenvalue weighted by atomic mass is 16.3. The predicted molar refractivity (Wildman–Crippen MR) is 123 cm³/mol. The zero-order chi connectivity index (χ0) is 22.3. The number of rotatable bonds is 5. The van der Waals surface area contributed by atoms with Crippen LogP contribution in [0.1, 0.15) is 39.6 Å². The van der Waals surface area contributed by atoms with Crippen LogP contribution in [-0.2, 0) is 7.05 Å². The number of imidazole rings is 1. The first-order valence-electron chi connectivity index (χ1n) is 10.3. The number of phenols is 1. The van der Waals surface area contributed by atoms with Crippen LogP contribution >= 0.6 is 0 Å².